The Kier molecular flexibility index (Phi) is 3.90. The predicted molar refractivity (Wildman–Crippen MR) is 82.1 cm³/mol. The van der Waals surface area contributed by atoms with Gasteiger partial charge in [0.25, 0.3) is 16.0 Å². The molecule has 1 fully saturated rings. The SMILES string of the molecule is CS(=O)(=O)OCC(=O)Nc1ccc(C2=NNC(=O)C3CC23)cc1. The van der Waals surface area contributed by atoms with Crippen LogP contribution < -0.4 is 10.7 Å². The van der Waals surface area contributed by atoms with Crippen molar-refractivity contribution in [3.63, 3.8) is 0 Å². The molecule has 0 spiro atoms. The van der Waals surface area contributed by atoms with Crippen molar-refractivity contribution in [2.75, 3.05) is 18.2 Å². The summed E-state index contributed by atoms with van der Waals surface area (Å²) < 4.78 is 26.1. The summed E-state index contributed by atoms with van der Waals surface area (Å²) in [5.41, 5.74) is 4.74. The molecule has 0 bridgehead atoms. The first-order valence-corrected chi connectivity index (χ1v) is 8.77. The predicted octanol–water partition coefficient (Wildman–Crippen LogP) is 0.0713. The molecule has 122 valence electrons. The smallest absolute Gasteiger partial charge is 0.264 e. The van der Waals surface area contributed by atoms with Crippen molar-refractivity contribution < 1.29 is 22.2 Å². The monoisotopic (exact) mass is 337 g/mol. The zero-order valence-electron chi connectivity index (χ0n) is 12.3. The summed E-state index contributed by atoms with van der Waals surface area (Å²) in [5.74, 6) is -0.399. The summed E-state index contributed by atoms with van der Waals surface area (Å²) >= 11 is 0. The minimum absolute atomic E-state index is 0.0232. The second-order valence-corrected chi connectivity index (χ2v) is 7.16. The average Bonchev–Trinajstić information content (AvgIpc) is 3.27. The van der Waals surface area contributed by atoms with Crippen LogP contribution in [0, 0.1) is 11.8 Å². The Labute approximate surface area is 133 Å². The normalized spacial score (nSPS) is 22.7. The first-order valence-electron chi connectivity index (χ1n) is 6.95. The summed E-state index contributed by atoms with van der Waals surface area (Å²) in [6.07, 6.45) is 1.69. The van der Waals surface area contributed by atoms with Crippen LogP contribution in [-0.2, 0) is 23.9 Å². The highest BCUT2D eigenvalue weighted by molar-refractivity contribution is 7.86. The van der Waals surface area contributed by atoms with Crippen LogP contribution in [0.5, 0.6) is 0 Å². The van der Waals surface area contributed by atoms with Gasteiger partial charge in [0, 0.05) is 17.5 Å². The lowest BCUT2D eigenvalue weighted by Crippen LogP contribution is -2.28. The van der Waals surface area contributed by atoms with Crippen LogP contribution in [0.2, 0.25) is 0 Å². The van der Waals surface area contributed by atoms with E-state index in [1.807, 2.05) is 0 Å². The van der Waals surface area contributed by atoms with Crippen LogP contribution >= 0.6 is 0 Å². The molecule has 2 N–H and O–H groups in total. The van der Waals surface area contributed by atoms with E-state index in [0.29, 0.717) is 5.69 Å². The average molecular weight is 337 g/mol. The fraction of sp³-hybridized carbons (Fsp3) is 0.357. The highest BCUT2D eigenvalue weighted by Crippen LogP contribution is 2.43. The molecule has 9 heteroatoms. The molecule has 3 rings (SSSR count). The number of hydrogen-bond donors (Lipinski definition) is 2. The first kappa shape index (κ1) is 15.6. The number of benzene rings is 1. The zero-order chi connectivity index (χ0) is 16.6. The standard InChI is InChI=1S/C14H15N3O5S/c1-23(20,21)22-7-12(18)15-9-4-2-8(3-5-9)13-10-6-11(10)14(19)17-16-13/h2-5,10-11H,6-7H2,1H3,(H,15,18)(H,17,19). The maximum Gasteiger partial charge on any atom is 0.264 e. The number of carbonyl (C=O) groups excluding carboxylic acids is 2. The van der Waals surface area contributed by atoms with Crippen molar-refractivity contribution >= 4 is 33.3 Å². The van der Waals surface area contributed by atoms with Crippen molar-refractivity contribution in [1.29, 1.82) is 0 Å². The number of hydrazone groups is 1. The van der Waals surface area contributed by atoms with Crippen molar-refractivity contribution in [2.45, 2.75) is 6.42 Å². The van der Waals surface area contributed by atoms with E-state index in [0.717, 1.165) is 24.0 Å². The van der Waals surface area contributed by atoms with Gasteiger partial charge in [-0.1, -0.05) is 12.1 Å². The number of carbonyl (C=O) groups is 2. The molecule has 1 saturated carbocycles. The van der Waals surface area contributed by atoms with Gasteiger partial charge in [-0.15, -0.1) is 0 Å². The minimum Gasteiger partial charge on any atom is -0.324 e. The summed E-state index contributed by atoms with van der Waals surface area (Å²) in [4.78, 5) is 23.0. The van der Waals surface area contributed by atoms with E-state index in [4.69, 9.17) is 0 Å². The van der Waals surface area contributed by atoms with Gasteiger partial charge >= 0.3 is 0 Å². The van der Waals surface area contributed by atoms with Crippen LogP contribution in [-0.4, -0.2) is 38.8 Å². The maximum atomic E-state index is 11.6. The van der Waals surface area contributed by atoms with Gasteiger partial charge in [0.15, 0.2) is 0 Å². The Morgan fingerprint density at radius 3 is 2.70 bits per heavy atom. The van der Waals surface area contributed by atoms with Gasteiger partial charge in [-0.05, 0) is 24.1 Å². The largest absolute Gasteiger partial charge is 0.324 e. The molecule has 2 atom stereocenters. The lowest BCUT2D eigenvalue weighted by molar-refractivity contribution is -0.122. The molecule has 23 heavy (non-hydrogen) atoms. The van der Waals surface area contributed by atoms with E-state index in [9.17, 15) is 18.0 Å². The number of fused-ring (bicyclic) bond motifs is 1. The second-order valence-electron chi connectivity index (χ2n) is 5.51. The van der Waals surface area contributed by atoms with Gasteiger partial charge in [-0.3, -0.25) is 13.8 Å². The molecule has 1 aromatic carbocycles. The van der Waals surface area contributed by atoms with E-state index in [1.54, 1.807) is 24.3 Å². The third-order valence-electron chi connectivity index (χ3n) is 3.63. The molecule has 0 saturated heterocycles. The molecule has 1 aliphatic carbocycles. The Balaban J connectivity index is 1.62. The molecular formula is C14H15N3O5S. The highest BCUT2D eigenvalue weighted by Gasteiger charge is 2.49. The number of anilines is 1. The number of rotatable bonds is 5. The van der Waals surface area contributed by atoms with E-state index in [-0.39, 0.29) is 17.7 Å². The number of nitrogens with one attached hydrogen (secondary N) is 2. The molecule has 2 amide bonds. The van der Waals surface area contributed by atoms with Crippen LogP contribution in [0.15, 0.2) is 29.4 Å². The zero-order valence-corrected chi connectivity index (χ0v) is 13.1. The van der Waals surface area contributed by atoms with E-state index >= 15 is 0 Å². The summed E-state index contributed by atoms with van der Waals surface area (Å²) in [7, 11) is -3.65. The van der Waals surface area contributed by atoms with E-state index in [1.165, 1.54) is 0 Å². The van der Waals surface area contributed by atoms with Gasteiger partial charge in [0.05, 0.1) is 12.0 Å². The molecule has 2 unspecified atom stereocenters. The van der Waals surface area contributed by atoms with Crippen molar-refractivity contribution in [2.24, 2.45) is 16.9 Å². The number of nitrogens with zero attached hydrogens (tertiary/aromatic N) is 1. The molecule has 1 aliphatic heterocycles. The van der Waals surface area contributed by atoms with Crippen LogP contribution in [0.25, 0.3) is 0 Å². The van der Waals surface area contributed by atoms with E-state index in [2.05, 4.69) is 20.0 Å². The van der Waals surface area contributed by atoms with E-state index < -0.39 is 22.6 Å². The number of hydrogen-bond acceptors (Lipinski definition) is 6. The molecule has 1 aromatic rings. The molecule has 0 aromatic heterocycles. The van der Waals surface area contributed by atoms with Gasteiger partial charge < -0.3 is 5.32 Å². The van der Waals surface area contributed by atoms with Gasteiger partial charge in [-0.25, -0.2) is 5.43 Å². The van der Waals surface area contributed by atoms with Gasteiger partial charge in [0.1, 0.15) is 6.61 Å². The van der Waals surface area contributed by atoms with Crippen LogP contribution in [0.3, 0.4) is 0 Å². The molecule has 0 radical (unpaired) electrons. The van der Waals surface area contributed by atoms with Crippen molar-refractivity contribution in [3.05, 3.63) is 29.8 Å². The quantitative estimate of drug-likeness (QED) is 0.738. The molecule has 2 aliphatic rings. The van der Waals surface area contributed by atoms with Crippen LogP contribution in [0.1, 0.15) is 12.0 Å². The topological polar surface area (TPSA) is 114 Å². The highest BCUT2D eigenvalue weighted by atomic mass is 32.2. The fourth-order valence-electron chi connectivity index (χ4n) is 2.43. The van der Waals surface area contributed by atoms with Gasteiger partial charge in [0.2, 0.25) is 5.91 Å². The molecule has 8 nitrogen and oxygen atoms in total. The Morgan fingerprint density at radius 1 is 1.35 bits per heavy atom. The minimum atomic E-state index is -3.65. The lowest BCUT2D eigenvalue weighted by atomic mass is 10.0. The Morgan fingerprint density at radius 2 is 2.04 bits per heavy atom. The lowest BCUT2D eigenvalue weighted by Gasteiger charge is -2.12. The van der Waals surface area contributed by atoms with Crippen molar-refractivity contribution in [1.82, 2.24) is 5.43 Å². The first-order chi connectivity index (χ1) is 10.8. The molecule has 1 heterocycles. The second kappa shape index (κ2) is 5.74. The fourth-order valence-corrected chi connectivity index (χ4v) is 2.75. The number of amides is 2. The molecular weight excluding hydrogens is 322 g/mol. The summed E-state index contributed by atoms with van der Waals surface area (Å²) in [5, 5.41) is 6.63. The van der Waals surface area contributed by atoms with Crippen molar-refractivity contribution in [3.8, 4) is 0 Å². The summed E-state index contributed by atoms with van der Waals surface area (Å²) in [6.45, 7) is -0.566. The maximum absolute atomic E-state index is 11.6. The Bertz CT molecular complexity index is 785. The van der Waals surface area contributed by atoms with Crippen LogP contribution in [0.4, 0.5) is 5.69 Å². The summed E-state index contributed by atoms with van der Waals surface area (Å²) in [6, 6.07) is 6.95. The van der Waals surface area contributed by atoms with Gasteiger partial charge in [-0.2, -0.15) is 13.5 Å². The third kappa shape index (κ3) is 3.74. The third-order valence-corrected chi connectivity index (χ3v) is 4.18. The Hall–Kier alpha value is -2.26.